The van der Waals surface area contributed by atoms with Crippen molar-refractivity contribution in [3.05, 3.63) is 29.3 Å². The summed E-state index contributed by atoms with van der Waals surface area (Å²) >= 11 is 7.07. The molecule has 0 aliphatic rings. The highest BCUT2D eigenvalue weighted by atomic mass is 35.5. The highest BCUT2D eigenvalue weighted by Crippen LogP contribution is 2.23. The maximum Gasteiger partial charge on any atom is 0.321 e. The summed E-state index contributed by atoms with van der Waals surface area (Å²) in [5, 5.41) is 14.2. The number of hydrogen-bond donors (Lipinski definition) is 2. The van der Waals surface area contributed by atoms with E-state index in [0.717, 1.165) is 5.56 Å². The lowest BCUT2D eigenvalue weighted by atomic mass is 10.2. The SMILES string of the molecule is COCCNC(=O)NC(=O)CSc1nnc(-c2ccc(Cl)cc2)n1C. The van der Waals surface area contributed by atoms with Crippen LogP contribution in [0.2, 0.25) is 5.02 Å². The van der Waals surface area contributed by atoms with Crippen LogP contribution in [0.1, 0.15) is 0 Å². The quantitative estimate of drug-likeness (QED) is 0.557. The lowest BCUT2D eigenvalue weighted by Gasteiger charge is -2.06. The molecule has 1 aromatic carbocycles. The Morgan fingerprint density at radius 1 is 1.28 bits per heavy atom. The third-order valence-corrected chi connectivity index (χ3v) is 4.39. The number of thioether (sulfide) groups is 1. The van der Waals surface area contributed by atoms with Gasteiger partial charge < -0.3 is 14.6 Å². The first-order valence-corrected chi connectivity index (χ1v) is 8.72. The predicted octanol–water partition coefficient (Wildman–Crippen LogP) is 1.70. The Bertz CT molecular complexity index is 735. The Hall–Kier alpha value is -2.10. The third-order valence-electron chi connectivity index (χ3n) is 3.11. The molecule has 2 rings (SSSR count). The topological polar surface area (TPSA) is 98.1 Å². The summed E-state index contributed by atoms with van der Waals surface area (Å²) in [6, 6.07) is 6.68. The summed E-state index contributed by atoms with van der Waals surface area (Å²) in [6.45, 7) is 0.708. The Morgan fingerprint density at radius 2 is 2.00 bits per heavy atom. The van der Waals surface area contributed by atoms with Crippen LogP contribution in [0.3, 0.4) is 0 Å². The van der Waals surface area contributed by atoms with Gasteiger partial charge in [-0.2, -0.15) is 0 Å². The summed E-state index contributed by atoms with van der Waals surface area (Å²) in [5.74, 6) is 0.289. The summed E-state index contributed by atoms with van der Waals surface area (Å²) in [6.07, 6.45) is 0. The van der Waals surface area contributed by atoms with Gasteiger partial charge in [-0.05, 0) is 24.3 Å². The first-order valence-electron chi connectivity index (χ1n) is 7.36. The molecule has 0 bridgehead atoms. The molecule has 0 fully saturated rings. The fourth-order valence-electron chi connectivity index (χ4n) is 1.89. The molecular formula is C15H18ClN5O3S. The number of nitrogens with one attached hydrogen (secondary N) is 2. The van der Waals surface area contributed by atoms with Crippen molar-refractivity contribution in [2.45, 2.75) is 5.16 Å². The van der Waals surface area contributed by atoms with E-state index in [1.165, 1.54) is 18.9 Å². The van der Waals surface area contributed by atoms with Crippen molar-refractivity contribution in [3.63, 3.8) is 0 Å². The van der Waals surface area contributed by atoms with Gasteiger partial charge in [-0.25, -0.2) is 4.79 Å². The zero-order valence-electron chi connectivity index (χ0n) is 13.8. The number of imide groups is 1. The molecule has 0 spiro atoms. The number of carbonyl (C=O) groups is 2. The normalized spacial score (nSPS) is 10.5. The smallest absolute Gasteiger partial charge is 0.321 e. The molecule has 0 unspecified atom stereocenters. The van der Waals surface area contributed by atoms with Crippen molar-refractivity contribution in [1.29, 1.82) is 0 Å². The molecule has 0 saturated carbocycles. The van der Waals surface area contributed by atoms with Crippen molar-refractivity contribution in [2.24, 2.45) is 7.05 Å². The third kappa shape index (κ3) is 5.73. The minimum atomic E-state index is -0.553. The highest BCUT2D eigenvalue weighted by Gasteiger charge is 2.14. The first kappa shape index (κ1) is 19.2. The molecule has 2 aromatic rings. The van der Waals surface area contributed by atoms with Gasteiger partial charge in [0.25, 0.3) is 0 Å². The Labute approximate surface area is 154 Å². The number of hydrogen-bond acceptors (Lipinski definition) is 6. The van der Waals surface area contributed by atoms with E-state index in [9.17, 15) is 9.59 Å². The van der Waals surface area contributed by atoms with Gasteiger partial charge in [-0.3, -0.25) is 10.1 Å². The Morgan fingerprint density at radius 3 is 2.68 bits per heavy atom. The van der Waals surface area contributed by atoms with E-state index in [-0.39, 0.29) is 5.75 Å². The van der Waals surface area contributed by atoms with Crippen LogP contribution in [-0.2, 0) is 16.6 Å². The van der Waals surface area contributed by atoms with Gasteiger partial charge >= 0.3 is 6.03 Å². The van der Waals surface area contributed by atoms with Gasteiger partial charge in [-0.1, -0.05) is 23.4 Å². The second-order valence-corrected chi connectivity index (χ2v) is 6.34. The molecule has 1 aromatic heterocycles. The lowest BCUT2D eigenvalue weighted by Crippen LogP contribution is -2.41. The number of ether oxygens (including phenoxy) is 1. The molecule has 1 heterocycles. The maximum absolute atomic E-state index is 11.8. The van der Waals surface area contributed by atoms with Gasteiger partial charge in [-0.15, -0.1) is 10.2 Å². The van der Waals surface area contributed by atoms with Gasteiger partial charge in [0.2, 0.25) is 5.91 Å². The van der Waals surface area contributed by atoms with E-state index < -0.39 is 11.9 Å². The number of nitrogens with zero attached hydrogens (tertiary/aromatic N) is 3. The van der Waals surface area contributed by atoms with Crippen molar-refractivity contribution in [2.75, 3.05) is 26.0 Å². The molecule has 0 aliphatic heterocycles. The predicted molar refractivity (Wildman–Crippen MR) is 95.6 cm³/mol. The maximum atomic E-state index is 11.8. The van der Waals surface area contributed by atoms with E-state index >= 15 is 0 Å². The molecule has 25 heavy (non-hydrogen) atoms. The molecular weight excluding hydrogens is 366 g/mol. The van der Waals surface area contributed by atoms with E-state index in [0.29, 0.717) is 29.2 Å². The first-order chi connectivity index (χ1) is 12.0. The number of halogens is 1. The average Bonchev–Trinajstić information content (AvgIpc) is 2.95. The zero-order chi connectivity index (χ0) is 18.2. The standard InChI is InChI=1S/C15H18ClN5O3S/c1-21-13(10-3-5-11(16)6-4-10)19-20-15(21)25-9-12(22)18-14(23)17-7-8-24-2/h3-6H,7-9H2,1-2H3,(H2,17,18,22,23). The minimum absolute atomic E-state index is 0.0459. The van der Waals surface area contributed by atoms with Crippen LogP contribution in [-0.4, -0.2) is 52.7 Å². The summed E-state index contributed by atoms with van der Waals surface area (Å²) in [4.78, 5) is 23.3. The lowest BCUT2D eigenvalue weighted by molar-refractivity contribution is -0.117. The number of aromatic nitrogens is 3. The number of urea groups is 1. The van der Waals surface area contributed by atoms with E-state index in [4.69, 9.17) is 16.3 Å². The number of rotatable bonds is 7. The summed E-state index contributed by atoms with van der Waals surface area (Å²) in [7, 11) is 3.34. The molecule has 0 aliphatic carbocycles. The van der Waals surface area contributed by atoms with Crippen LogP contribution in [0.5, 0.6) is 0 Å². The van der Waals surface area contributed by atoms with Crippen molar-refractivity contribution in [1.82, 2.24) is 25.4 Å². The van der Waals surface area contributed by atoms with Gasteiger partial charge in [0, 0.05) is 31.3 Å². The van der Waals surface area contributed by atoms with Crippen LogP contribution in [0, 0.1) is 0 Å². The number of benzene rings is 1. The number of amides is 3. The van der Waals surface area contributed by atoms with Crippen LogP contribution >= 0.6 is 23.4 Å². The van der Waals surface area contributed by atoms with E-state index in [1.807, 2.05) is 19.2 Å². The summed E-state index contributed by atoms with van der Waals surface area (Å²) in [5.41, 5.74) is 0.869. The second-order valence-electron chi connectivity index (χ2n) is 4.96. The highest BCUT2D eigenvalue weighted by molar-refractivity contribution is 7.99. The molecule has 0 saturated heterocycles. The van der Waals surface area contributed by atoms with Crippen LogP contribution in [0.15, 0.2) is 29.4 Å². The Kier molecular flexibility index (Phi) is 7.23. The van der Waals surface area contributed by atoms with Gasteiger partial charge in [0.15, 0.2) is 11.0 Å². The van der Waals surface area contributed by atoms with Gasteiger partial charge in [0.05, 0.1) is 12.4 Å². The van der Waals surface area contributed by atoms with Crippen LogP contribution in [0.25, 0.3) is 11.4 Å². The number of carbonyl (C=O) groups excluding carboxylic acids is 2. The van der Waals surface area contributed by atoms with Crippen molar-refractivity contribution in [3.8, 4) is 11.4 Å². The average molecular weight is 384 g/mol. The molecule has 0 atom stereocenters. The second kappa shape index (κ2) is 9.40. The fraction of sp³-hybridized carbons (Fsp3) is 0.333. The molecule has 3 amide bonds. The Balaban J connectivity index is 1.88. The molecule has 0 radical (unpaired) electrons. The van der Waals surface area contributed by atoms with E-state index in [2.05, 4.69) is 20.8 Å². The zero-order valence-corrected chi connectivity index (χ0v) is 15.4. The molecule has 8 nitrogen and oxygen atoms in total. The molecule has 10 heteroatoms. The monoisotopic (exact) mass is 383 g/mol. The minimum Gasteiger partial charge on any atom is -0.383 e. The number of methoxy groups -OCH3 is 1. The van der Waals surface area contributed by atoms with Gasteiger partial charge in [0.1, 0.15) is 0 Å². The fourth-order valence-corrected chi connectivity index (χ4v) is 2.73. The summed E-state index contributed by atoms with van der Waals surface area (Å²) < 4.78 is 6.58. The van der Waals surface area contributed by atoms with Crippen LogP contribution < -0.4 is 10.6 Å². The molecule has 2 N–H and O–H groups in total. The molecule has 134 valence electrons. The van der Waals surface area contributed by atoms with Crippen molar-refractivity contribution < 1.29 is 14.3 Å². The van der Waals surface area contributed by atoms with E-state index in [1.54, 1.807) is 16.7 Å². The van der Waals surface area contributed by atoms with Crippen LogP contribution in [0.4, 0.5) is 4.79 Å². The largest absolute Gasteiger partial charge is 0.383 e. The van der Waals surface area contributed by atoms with Crippen molar-refractivity contribution >= 4 is 35.3 Å².